The summed E-state index contributed by atoms with van der Waals surface area (Å²) in [6.07, 6.45) is -22.7. The molecule has 3 fully saturated rings. The molecule has 3 rings (SSSR count). The summed E-state index contributed by atoms with van der Waals surface area (Å²) in [7, 11) is -8.80. The second kappa shape index (κ2) is 14.3. The summed E-state index contributed by atoms with van der Waals surface area (Å²) in [5, 5.41) is 52.4. The lowest BCUT2D eigenvalue weighted by atomic mass is 9.91. The van der Waals surface area contributed by atoms with E-state index in [9.17, 15) is 52.0 Å². The first kappa shape index (κ1) is 36.0. The number of aldehydes is 1. The average molecular weight is 673 g/mol. The molecule has 5 unspecified atom stereocenters. The molecule has 43 heavy (non-hydrogen) atoms. The van der Waals surface area contributed by atoms with Crippen molar-refractivity contribution in [3.63, 3.8) is 0 Å². The van der Waals surface area contributed by atoms with Crippen LogP contribution in [0.1, 0.15) is 6.92 Å². The minimum Gasteiger partial charge on any atom is -0.479 e. The zero-order chi connectivity index (χ0) is 32.4. The molecule has 21 nitrogen and oxygen atoms in total. The summed E-state index contributed by atoms with van der Waals surface area (Å²) >= 11 is 0. The smallest absolute Gasteiger partial charge is 0.397 e. The van der Waals surface area contributed by atoms with Gasteiger partial charge in [-0.15, -0.1) is 0 Å². The maximum absolute atomic E-state index is 12.1. The van der Waals surface area contributed by atoms with E-state index in [-0.39, 0.29) is 6.29 Å². The van der Waals surface area contributed by atoms with Crippen LogP contribution in [0.5, 0.6) is 0 Å². The number of ether oxygens (including phenoxy) is 6. The van der Waals surface area contributed by atoms with Crippen LogP contribution in [0.2, 0.25) is 0 Å². The third-order valence-corrected chi connectivity index (χ3v) is 7.76. The SMILES string of the molecule is CO[C@@H]1C(COS(=O)(=O)O)O[C@H](O[C@@H]2C(C(=O)O)O[C@@H](O[C@@H]3C(O)[C@H](C=O)O[C@@H]3COS(=O)(=O)O)C(O)[C@H]2O)C(C)[C@H]1O. The molecule has 3 saturated heterocycles. The maximum atomic E-state index is 12.1. The van der Waals surface area contributed by atoms with Crippen LogP contribution >= 0.6 is 0 Å². The van der Waals surface area contributed by atoms with Crippen molar-refractivity contribution in [2.75, 3.05) is 20.3 Å². The van der Waals surface area contributed by atoms with Crippen molar-refractivity contribution in [1.29, 1.82) is 0 Å². The van der Waals surface area contributed by atoms with Crippen molar-refractivity contribution < 1.29 is 97.9 Å². The average Bonchev–Trinajstić information content (AvgIpc) is 3.21. The highest BCUT2D eigenvalue weighted by Gasteiger charge is 2.55. The Hall–Kier alpha value is -1.52. The zero-order valence-corrected chi connectivity index (χ0v) is 23.9. The van der Waals surface area contributed by atoms with E-state index in [0.29, 0.717) is 0 Å². The van der Waals surface area contributed by atoms with E-state index in [4.69, 9.17) is 37.5 Å². The molecule has 0 aromatic carbocycles. The fourth-order valence-electron chi connectivity index (χ4n) is 4.73. The van der Waals surface area contributed by atoms with Crippen molar-refractivity contribution in [1.82, 2.24) is 0 Å². The van der Waals surface area contributed by atoms with E-state index in [2.05, 4.69) is 8.37 Å². The molecule has 250 valence electrons. The molecule has 0 saturated carbocycles. The molecule has 14 atom stereocenters. The van der Waals surface area contributed by atoms with E-state index in [1.54, 1.807) is 0 Å². The first-order valence-corrected chi connectivity index (χ1v) is 15.1. The van der Waals surface area contributed by atoms with Gasteiger partial charge in [-0.1, -0.05) is 6.92 Å². The van der Waals surface area contributed by atoms with Gasteiger partial charge in [0.25, 0.3) is 0 Å². The third-order valence-electron chi connectivity index (χ3n) is 6.89. The van der Waals surface area contributed by atoms with Gasteiger partial charge in [0, 0.05) is 13.0 Å². The van der Waals surface area contributed by atoms with Gasteiger partial charge in [0.2, 0.25) is 0 Å². The van der Waals surface area contributed by atoms with Crippen LogP contribution < -0.4 is 0 Å². The maximum Gasteiger partial charge on any atom is 0.397 e. The molecular formula is C20H32O21S2. The third kappa shape index (κ3) is 8.81. The number of carboxylic acids is 1. The molecule has 3 heterocycles. The first-order chi connectivity index (χ1) is 19.9. The molecule has 0 radical (unpaired) electrons. The Bertz CT molecular complexity index is 1180. The van der Waals surface area contributed by atoms with E-state index in [1.165, 1.54) is 6.92 Å². The van der Waals surface area contributed by atoms with Gasteiger partial charge < -0.3 is 58.7 Å². The van der Waals surface area contributed by atoms with Crippen molar-refractivity contribution in [3.05, 3.63) is 0 Å². The van der Waals surface area contributed by atoms with Crippen molar-refractivity contribution in [2.24, 2.45) is 5.92 Å². The molecule has 3 aliphatic heterocycles. The fourth-order valence-corrected chi connectivity index (χ4v) is 5.34. The summed E-state index contributed by atoms with van der Waals surface area (Å²) in [6.45, 7) is -0.495. The minimum absolute atomic E-state index is 0.133. The van der Waals surface area contributed by atoms with Crippen LogP contribution in [0.4, 0.5) is 0 Å². The number of hydrogen-bond acceptors (Lipinski definition) is 18. The van der Waals surface area contributed by atoms with Crippen molar-refractivity contribution >= 4 is 33.1 Å². The van der Waals surface area contributed by atoms with E-state index in [0.717, 1.165) is 7.11 Å². The highest BCUT2D eigenvalue weighted by atomic mass is 32.3. The first-order valence-electron chi connectivity index (χ1n) is 12.3. The second-order valence-corrected chi connectivity index (χ2v) is 11.9. The van der Waals surface area contributed by atoms with Crippen LogP contribution in [0.15, 0.2) is 0 Å². The van der Waals surface area contributed by atoms with Crippen molar-refractivity contribution in [3.8, 4) is 0 Å². The van der Waals surface area contributed by atoms with Gasteiger partial charge in [-0.3, -0.25) is 9.11 Å². The van der Waals surface area contributed by atoms with Crippen LogP contribution in [0.25, 0.3) is 0 Å². The molecule has 3 aliphatic rings. The molecule has 0 aromatic heterocycles. The van der Waals surface area contributed by atoms with E-state index in [1.807, 2.05) is 0 Å². The monoisotopic (exact) mass is 672 g/mol. The van der Waals surface area contributed by atoms with Crippen LogP contribution in [0, 0.1) is 5.92 Å². The number of hydrogen-bond donors (Lipinski definition) is 7. The predicted octanol–water partition coefficient (Wildman–Crippen LogP) is -5.01. The van der Waals surface area contributed by atoms with Gasteiger partial charge in [0.05, 0.1) is 19.3 Å². The molecule has 0 aliphatic carbocycles. The van der Waals surface area contributed by atoms with Gasteiger partial charge >= 0.3 is 26.8 Å². The Labute approximate surface area is 244 Å². The Balaban J connectivity index is 1.79. The second-order valence-electron chi connectivity index (χ2n) is 9.73. The van der Waals surface area contributed by atoms with Crippen LogP contribution in [0.3, 0.4) is 0 Å². The van der Waals surface area contributed by atoms with Gasteiger partial charge in [0.1, 0.15) is 54.9 Å². The number of carbonyl (C=O) groups excluding carboxylic acids is 1. The fraction of sp³-hybridized carbons (Fsp3) is 0.900. The van der Waals surface area contributed by atoms with E-state index < -0.39 is 126 Å². The highest BCUT2D eigenvalue weighted by molar-refractivity contribution is 7.81. The van der Waals surface area contributed by atoms with Gasteiger partial charge in [-0.05, 0) is 0 Å². The summed E-state index contributed by atoms with van der Waals surface area (Å²) in [4.78, 5) is 23.3. The van der Waals surface area contributed by atoms with Crippen LogP contribution in [-0.2, 0) is 67.2 Å². The Morgan fingerprint density at radius 3 is 1.79 bits per heavy atom. The molecular weight excluding hydrogens is 640 g/mol. The zero-order valence-electron chi connectivity index (χ0n) is 22.2. The van der Waals surface area contributed by atoms with Crippen LogP contribution in [-0.4, -0.2) is 164 Å². The molecule has 7 N–H and O–H groups in total. The number of aliphatic hydroxyl groups excluding tert-OH is 4. The normalized spacial score (nSPS) is 42.5. The quantitative estimate of drug-likeness (QED) is 0.0711. The number of methoxy groups -OCH3 is 1. The summed E-state index contributed by atoms with van der Waals surface area (Å²) in [5.74, 6) is -2.80. The molecule has 0 amide bonds. The molecule has 0 bridgehead atoms. The molecule has 0 spiro atoms. The number of aliphatic carboxylic acids is 1. The number of carbonyl (C=O) groups is 2. The number of rotatable bonds is 13. The van der Waals surface area contributed by atoms with E-state index >= 15 is 0 Å². The Morgan fingerprint density at radius 2 is 1.30 bits per heavy atom. The summed E-state index contributed by atoms with van der Waals surface area (Å²) < 4.78 is 102. The topological polar surface area (TPSA) is 318 Å². The predicted molar refractivity (Wildman–Crippen MR) is 128 cm³/mol. The summed E-state index contributed by atoms with van der Waals surface area (Å²) in [6, 6.07) is 0. The lowest BCUT2D eigenvalue weighted by Crippen LogP contribution is -2.65. The van der Waals surface area contributed by atoms with Gasteiger partial charge in [0.15, 0.2) is 25.0 Å². The van der Waals surface area contributed by atoms with Gasteiger partial charge in [-0.25, -0.2) is 13.2 Å². The van der Waals surface area contributed by atoms with Crippen molar-refractivity contribution in [2.45, 2.75) is 86.6 Å². The largest absolute Gasteiger partial charge is 0.479 e. The Kier molecular flexibility index (Phi) is 11.9. The lowest BCUT2D eigenvalue weighted by Gasteiger charge is -2.46. The minimum atomic E-state index is -5.01. The molecule has 23 heteroatoms. The highest BCUT2D eigenvalue weighted by Crippen LogP contribution is 2.35. The lowest BCUT2D eigenvalue weighted by molar-refractivity contribution is -0.353. The Morgan fingerprint density at radius 1 is 0.767 bits per heavy atom. The summed E-state index contributed by atoms with van der Waals surface area (Å²) in [5.41, 5.74) is 0. The number of aliphatic hydroxyl groups is 4. The number of carboxylic acid groups (broad SMARTS) is 1. The standard InChI is InChI=1S/C20H32O21S2/c1-6-10(22)14(34-2)8(4-35-42(28,29)30)38-19(6)40-16-12(24)13(25)20(41-17(16)18(26)27)39-15-9(5-36-43(31,32)33)37-7(3-21)11(15)23/h3,6-17,19-20,22-25H,4-5H2,1-2H3,(H,26,27)(H,28,29,30)(H,31,32,33)/t6?,7-,8?,9+,10+,11?,12+,13?,14+,15-,16-,17?,19+,20+/m0/s1. The van der Waals surface area contributed by atoms with Gasteiger partial charge in [-0.2, -0.15) is 16.8 Å². The molecule has 0 aromatic rings.